The first-order valence-electron chi connectivity index (χ1n) is 8.40. The highest BCUT2D eigenvalue weighted by molar-refractivity contribution is 7.99. The Kier molecular flexibility index (Phi) is 5.74. The van der Waals surface area contributed by atoms with E-state index in [1.165, 1.54) is 17.3 Å². The van der Waals surface area contributed by atoms with Crippen LogP contribution >= 0.6 is 11.8 Å². The van der Waals surface area contributed by atoms with Gasteiger partial charge in [0.05, 0.1) is 22.4 Å². The van der Waals surface area contributed by atoms with E-state index in [2.05, 4.69) is 44.3 Å². The van der Waals surface area contributed by atoms with E-state index < -0.39 is 5.54 Å². The van der Waals surface area contributed by atoms with Gasteiger partial charge in [-0.3, -0.25) is 4.79 Å². The number of fused-ring (bicyclic) bond motifs is 1. The number of hydrogen-bond donors (Lipinski definition) is 1. The van der Waals surface area contributed by atoms with E-state index in [1.807, 2.05) is 19.9 Å². The minimum absolute atomic E-state index is 0.0402. The summed E-state index contributed by atoms with van der Waals surface area (Å²) >= 11 is 1.40. The number of nitrogens with one attached hydrogen (secondary N) is 1. The van der Waals surface area contributed by atoms with Gasteiger partial charge < -0.3 is 5.32 Å². The molecule has 0 saturated heterocycles. The Morgan fingerprint density at radius 3 is 2.56 bits per heavy atom. The fraction of sp³-hybridized carbons (Fsp3) is 0.450. The summed E-state index contributed by atoms with van der Waals surface area (Å²) in [6, 6.07) is 8.48. The van der Waals surface area contributed by atoms with Crippen LogP contribution < -0.4 is 5.32 Å². The van der Waals surface area contributed by atoms with Crippen molar-refractivity contribution in [3.05, 3.63) is 34.9 Å². The zero-order valence-electron chi connectivity index (χ0n) is 15.7. The smallest absolute Gasteiger partial charge is 0.231 e. The lowest BCUT2D eigenvalue weighted by molar-refractivity contribution is -0.120. The van der Waals surface area contributed by atoms with Crippen molar-refractivity contribution < 1.29 is 4.79 Å². The van der Waals surface area contributed by atoms with Crippen LogP contribution in [0.2, 0.25) is 0 Å². The van der Waals surface area contributed by atoms with Crippen LogP contribution in [-0.4, -0.2) is 22.2 Å². The predicted molar refractivity (Wildman–Crippen MR) is 104 cm³/mol. The van der Waals surface area contributed by atoms with Crippen LogP contribution in [0.5, 0.6) is 0 Å². The Balaban J connectivity index is 2.16. The van der Waals surface area contributed by atoms with Gasteiger partial charge in [0, 0.05) is 5.39 Å². The molecule has 132 valence electrons. The fourth-order valence-electron chi connectivity index (χ4n) is 2.65. The van der Waals surface area contributed by atoms with Crippen molar-refractivity contribution in [3.8, 4) is 6.07 Å². The molecule has 0 aliphatic heterocycles. The Bertz CT molecular complexity index is 854. The molecule has 0 spiro atoms. The molecule has 0 radical (unpaired) electrons. The maximum atomic E-state index is 12.2. The average molecular weight is 356 g/mol. The van der Waals surface area contributed by atoms with Crippen molar-refractivity contribution >= 4 is 28.6 Å². The highest BCUT2D eigenvalue weighted by Crippen LogP contribution is 2.27. The van der Waals surface area contributed by atoms with Gasteiger partial charge in [0.15, 0.2) is 0 Å². The van der Waals surface area contributed by atoms with Crippen molar-refractivity contribution in [2.24, 2.45) is 5.92 Å². The van der Waals surface area contributed by atoms with Gasteiger partial charge in [0.2, 0.25) is 5.91 Å². The molecule has 0 fully saturated rings. The topological polar surface area (TPSA) is 65.8 Å². The van der Waals surface area contributed by atoms with Crippen LogP contribution in [0, 0.1) is 38.0 Å². The molecule has 1 amide bonds. The molecule has 1 aromatic heterocycles. The lowest BCUT2D eigenvalue weighted by Gasteiger charge is -2.27. The molecule has 1 heterocycles. The maximum Gasteiger partial charge on any atom is 0.231 e. The normalized spacial score (nSPS) is 13.5. The van der Waals surface area contributed by atoms with E-state index in [0.29, 0.717) is 0 Å². The first kappa shape index (κ1) is 19.3. The molecule has 1 atom stereocenters. The van der Waals surface area contributed by atoms with Gasteiger partial charge in [0.1, 0.15) is 5.54 Å². The Hall–Kier alpha value is -2.06. The third-order valence-corrected chi connectivity index (χ3v) is 5.48. The summed E-state index contributed by atoms with van der Waals surface area (Å²) in [5.41, 5.74) is 3.65. The average Bonchev–Trinajstić information content (AvgIpc) is 2.53. The van der Waals surface area contributed by atoms with Gasteiger partial charge in [-0.05, 0) is 56.9 Å². The number of pyridine rings is 1. The number of aromatic nitrogens is 1. The number of benzene rings is 1. The largest absolute Gasteiger partial charge is 0.337 e. The molecule has 0 unspecified atom stereocenters. The molecule has 0 bridgehead atoms. The van der Waals surface area contributed by atoms with E-state index in [9.17, 15) is 10.1 Å². The summed E-state index contributed by atoms with van der Waals surface area (Å²) in [6.07, 6.45) is 0. The minimum atomic E-state index is -0.849. The Morgan fingerprint density at radius 2 is 1.96 bits per heavy atom. The first-order valence-corrected chi connectivity index (χ1v) is 9.38. The Labute approximate surface area is 154 Å². The number of thioether (sulfide) groups is 1. The molecule has 0 aliphatic rings. The molecular weight excluding hydrogens is 330 g/mol. The number of nitrogens with zero attached hydrogens (tertiary/aromatic N) is 2. The zero-order valence-corrected chi connectivity index (χ0v) is 16.5. The monoisotopic (exact) mass is 355 g/mol. The number of nitriles is 1. The fourth-order valence-corrected chi connectivity index (χ4v) is 3.42. The van der Waals surface area contributed by atoms with Gasteiger partial charge in [0.25, 0.3) is 0 Å². The van der Waals surface area contributed by atoms with E-state index in [0.717, 1.165) is 27.1 Å². The standard InChI is InChI=1S/C20H25N3OS/c1-12(2)20(6,11-21)23-17(24)10-25-18-9-14(4)16-8-13(3)7-15(5)19(16)22-18/h7-9,12H,10H2,1-6H3,(H,23,24)/t20-/m1/s1. The SMILES string of the molecule is Cc1cc(C)c2nc(SCC(=O)N[C@](C)(C#N)C(C)C)cc(C)c2c1. The van der Waals surface area contributed by atoms with Crippen LogP contribution in [0.4, 0.5) is 0 Å². The molecule has 1 aromatic carbocycles. The lowest BCUT2D eigenvalue weighted by Crippen LogP contribution is -2.49. The third-order valence-electron chi connectivity index (χ3n) is 4.57. The molecule has 4 nitrogen and oxygen atoms in total. The highest BCUT2D eigenvalue weighted by atomic mass is 32.2. The van der Waals surface area contributed by atoms with E-state index in [4.69, 9.17) is 4.98 Å². The van der Waals surface area contributed by atoms with Gasteiger partial charge in [-0.1, -0.05) is 37.2 Å². The maximum absolute atomic E-state index is 12.2. The number of amides is 1. The summed E-state index contributed by atoms with van der Waals surface area (Å²) in [4.78, 5) is 17.0. The zero-order chi connectivity index (χ0) is 18.8. The van der Waals surface area contributed by atoms with Gasteiger partial charge >= 0.3 is 0 Å². The van der Waals surface area contributed by atoms with Gasteiger partial charge in [-0.25, -0.2) is 4.98 Å². The molecular formula is C20H25N3OS. The second-order valence-corrected chi connectivity index (χ2v) is 8.06. The second-order valence-electron chi connectivity index (χ2n) is 7.06. The number of hydrogen-bond acceptors (Lipinski definition) is 4. The first-order chi connectivity index (χ1) is 11.7. The van der Waals surface area contributed by atoms with Crippen molar-refractivity contribution in [3.63, 3.8) is 0 Å². The van der Waals surface area contributed by atoms with E-state index in [1.54, 1.807) is 6.92 Å². The predicted octanol–water partition coefficient (Wildman–Crippen LogP) is 4.31. The van der Waals surface area contributed by atoms with Crippen LogP contribution in [-0.2, 0) is 4.79 Å². The molecule has 2 rings (SSSR count). The molecule has 0 aliphatic carbocycles. The summed E-state index contributed by atoms with van der Waals surface area (Å²) in [7, 11) is 0. The highest BCUT2D eigenvalue weighted by Gasteiger charge is 2.29. The van der Waals surface area contributed by atoms with Crippen LogP contribution in [0.15, 0.2) is 23.2 Å². The molecule has 1 N–H and O–H groups in total. The van der Waals surface area contributed by atoms with Gasteiger partial charge in [-0.15, -0.1) is 0 Å². The summed E-state index contributed by atoms with van der Waals surface area (Å²) in [5.74, 6) is 0.133. The van der Waals surface area contributed by atoms with Crippen LogP contribution in [0.3, 0.4) is 0 Å². The summed E-state index contributed by atoms with van der Waals surface area (Å²) in [5, 5.41) is 14.1. The quantitative estimate of drug-likeness (QED) is 0.812. The Morgan fingerprint density at radius 1 is 1.28 bits per heavy atom. The molecule has 25 heavy (non-hydrogen) atoms. The number of carbonyl (C=O) groups excluding carboxylic acids is 1. The number of carbonyl (C=O) groups is 1. The molecule has 5 heteroatoms. The van der Waals surface area contributed by atoms with Crippen molar-refractivity contribution in [2.45, 2.75) is 52.1 Å². The summed E-state index contributed by atoms with van der Waals surface area (Å²) < 4.78 is 0. The minimum Gasteiger partial charge on any atom is -0.337 e. The van der Waals surface area contributed by atoms with E-state index in [-0.39, 0.29) is 17.6 Å². The molecule has 0 saturated carbocycles. The third kappa shape index (κ3) is 4.32. The van der Waals surface area contributed by atoms with Crippen LogP contribution in [0.25, 0.3) is 10.9 Å². The van der Waals surface area contributed by atoms with Gasteiger partial charge in [-0.2, -0.15) is 5.26 Å². The van der Waals surface area contributed by atoms with Crippen LogP contribution in [0.1, 0.15) is 37.5 Å². The second kappa shape index (κ2) is 7.45. The van der Waals surface area contributed by atoms with Crippen molar-refractivity contribution in [1.82, 2.24) is 10.3 Å². The number of aryl methyl sites for hydroxylation is 3. The van der Waals surface area contributed by atoms with Crippen molar-refractivity contribution in [1.29, 1.82) is 5.26 Å². The molecule has 2 aromatic rings. The lowest BCUT2D eigenvalue weighted by atomic mass is 9.90. The number of rotatable bonds is 5. The summed E-state index contributed by atoms with van der Waals surface area (Å²) in [6.45, 7) is 11.8. The van der Waals surface area contributed by atoms with E-state index >= 15 is 0 Å². The van der Waals surface area contributed by atoms with Crippen molar-refractivity contribution in [2.75, 3.05) is 5.75 Å².